The summed E-state index contributed by atoms with van der Waals surface area (Å²) in [4.78, 5) is 0. The summed E-state index contributed by atoms with van der Waals surface area (Å²) < 4.78 is 5.98. The Morgan fingerprint density at radius 3 is 1.90 bits per heavy atom. The molecular formula is C28H37NO. The van der Waals surface area contributed by atoms with Crippen LogP contribution in [-0.2, 0) is 0 Å². The van der Waals surface area contributed by atoms with Crippen LogP contribution < -0.4 is 4.74 Å². The quantitative estimate of drug-likeness (QED) is 0.354. The molecule has 1 aliphatic carbocycles. The van der Waals surface area contributed by atoms with Crippen LogP contribution in [-0.4, -0.2) is 6.61 Å². The van der Waals surface area contributed by atoms with Crippen molar-refractivity contribution in [2.24, 2.45) is 11.8 Å². The van der Waals surface area contributed by atoms with Gasteiger partial charge in [0.15, 0.2) is 0 Å². The van der Waals surface area contributed by atoms with Gasteiger partial charge in [0, 0.05) is 0 Å². The number of rotatable bonds is 11. The first-order chi connectivity index (χ1) is 14.8. The number of ether oxygens (including phenoxy) is 1. The van der Waals surface area contributed by atoms with E-state index in [-0.39, 0.29) is 0 Å². The van der Waals surface area contributed by atoms with Gasteiger partial charge in [0.05, 0.1) is 18.2 Å². The Kier molecular flexibility index (Phi) is 9.29. The zero-order chi connectivity index (χ0) is 21.0. The predicted octanol–water partition coefficient (Wildman–Crippen LogP) is 8.16. The summed E-state index contributed by atoms with van der Waals surface area (Å²) in [6, 6.07) is 18.2. The highest BCUT2D eigenvalue weighted by Gasteiger charge is 2.20. The molecule has 2 aromatic carbocycles. The Bertz CT molecular complexity index is 764. The standard InChI is InChI=1S/C28H37NO/c1-2-3-4-5-7-23-9-11-24(12-10-23)8-6-21-30-28-19-17-27(18-20-28)26-15-13-25(22-29)14-16-26/h13-20,23-24H,2-12,21H2,1H3. The lowest BCUT2D eigenvalue weighted by atomic mass is 9.78. The molecule has 2 nitrogen and oxygen atoms in total. The van der Waals surface area contributed by atoms with Crippen LogP contribution in [0.3, 0.4) is 0 Å². The smallest absolute Gasteiger partial charge is 0.119 e. The molecule has 0 unspecified atom stereocenters. The van der Waals surface area contributed by atoms with Crippen molar-refractivity contribution in [3.05, 3.63) is 54.1 Å². The van der Waals surface area contributed by atoms with E-state index in [0.717, 1.165) is 41.7 Å². The highest BCUT2D eigenvalue weighted by Crippen LogP contribution is 2.34. The Labute approximate surface area is 183 Å². The molecule has 0 radical (unpaired) electrons. The van der Waals surface area contributed by atoms with Gasteiger partial charge in [-0.2, -0.15) is 5.26 Å². The van der Waals surface area contributed by atoms with Crippen molar-refractivity contribution in [2.45, 2.75) is 77.6 Å². The highest BCUT2D eigenvalue weighted by atomic mass is 16.5. The number of hydrogen-bond acceptors (Lipinski definition) is 2. The highest BCUT2D eigenvalue weighted by molar-refractivity contribution is 5.64. The molecule has 160 valence electrons. The van der Waals surface area contributed by atoms with Gasteiger partial charge in [0.25, 0.3) is 0 Å². The average molecular weight is 404 g/mol. The van der Waals surface area contributed by atoms with Crippen molar-refractivity contribution in [3.8, 4) is 22.9 Å². The maximum absolute atomic E-state index is 8.91. The van der Waals surface area contributed by atoms with Crippen molar-refractivity contribution in [1.82, 2.24) is 0 Å². The number of unbranched alkanes of at least 4 members (excludes halogenated alkanes) is 3. The predicted molar refractivity (Wildman–Crippen MR) is 126 cm³/mol. The monoisotopic (exact) mass is 403 g/mol. The van der Waals surface area contributed by atoms with Gasteiger partial charge >= 0.3 is 0 Å². The molecule has 0 heterocycles. The second-order valence-corrected chi connectivity index (χ2v) is 8.94. The summed E-state index contributed by atoms with van der Waals surface area (Å²) in [6.07, 6.45) is 15.3. The van der Waals surface area contributed by atoms with Gasteiger partial charge in [0.1, 0.15) is 5.75 Å². The van der Waals surface area contributed by atoms with E-state index in [1.165, 1.54) is 64.2 Å². The summed E-state index contributed by atoms with van der Waals surface area (Å²) in [7, 11) is 0. The summed E-state index contributed by atoms with van der Waals surface area (Å²) in [6.45, 7) is 3.11. The van der Waals surface area contributed by atoms with Gasteiger partial charge in [-0.05, 0) is 60.1 Å². The Morgan fingerprint density at radius 2 is 1.33 bits per heavy atom. The molecule has 0 amide bonds. The molecule has 0 spiro atoms. The van der Waals surface area contributed by atoms with Gasteiger partial charge in [-0.3, -0.25) is 0 Å². The van der Waals surface area contributed by atoms with Gasteiger partial charge in [-0.25, -0.2) is 0 Å². The maximum Gasteiger partial charge on any atom is 0.119 e. The zero-order valence-corrected chi connectivity index (χ0v) is 18.6. The second kappa shape index (κ2) is 12.4. The molecule has 1 aliphatic rings. The largest absolute Gasteiger partial charge is 0.494 e. The first-order valence-electron chi connectivity index (χ1n) is 12.0. The van der Waals surface area contributed by atoms with Crippen LogP contribution in [0.4, 0.5) is 0 Å². The molecule has 1 saturated carbocycles. The first-order valence-corrected chi connectivity index (χ1v) is 12.0. The number of nitrogens with zero attached hydrogens (tertiary/aromatic N) is 1. The van der Waals surface area contributed by atoms with Crippen LogP contribution >= 0.6 is 0 Å². The topological polar surface area (TPSA) is 33.0 Å². The molecule has 0 bridgehead atoms. The Hall–Kier alpha value is -2.27. The molecule has 30 heavy (non-hydrogen) atoms. The van der Waals surface area contributed by atoms with Crippen LogP contribution in [0.2, 0.25) is 0 Å². The molecule has 0 saturated heterocycles. The minimum absolute atomic E-state index is 0.694. The van der Waals surface area contributed by atoms with E-state index in [2.05, 4.69) is 37.3 Å². The molecule has 0 atom stereocenters. The van der Waals surface area contributed by atoms with Crippen molar-refractivity contribution in [3.63, 3.8) is 0 Å². The number of nitriles is 1. The molecule has 0 aliphatic heterocycles. The third kappa shape index (κ3) is 7.21. The van der Waals surface area contributed by atoms with E-state index < -0.39 is 0 Å². The molecule has 1 fully saturated rings. The third-order valence-corrected chi connectivity index (χ3v) is 6.66. The summed E-state index contributed by atoms with van der Waals surface area (Å²) in [5, 5.41) is 8.91. The minimum atomic E-state index is 0.694. The summed E-state index contributed by atoms with van der Waals surface area (Å²) in [5.74, 6) is 2.87. The van der Waals surface area contributed by atoms with Crippen molar-refractivity contribution in [2.75, 3.05) is 6.61 Å². The van der Waals surface area contributed by atoms with E-state index in [1.54, 1.807) is 0 Å². The molecule has 3 rings (SSSR count). The lowest BCUT2D eigenvalue weighted by Crippen LogP contribution is -2.15. The van der Waals surface area contributed by atoms with Crippen LogP contribution in [0.25, 0.3) is 11.1 Å². The van der Waals surface area contributed by atoms with E-state index >= 15 is 0 Å². The van der Waals surface area contributed by atoms with Crippen molar-refractivity contribution in [1.29, 1.82) is 5.26 Å². The Morgan fingerprint density at radius 1 is 0.767 bits per heavy atom. The fourth-order valence-corrected chi connectivity index (χ4v) is 4.71. The van der Waals surface area contributed by atoms with E-state index in [9.17, 15) is 0 Å². The summed E-state index contributed by atoms with van der Waals surface area (Å²) in [5.41, 5.74) is 2.97. The number of benzene rings is 2. The minimum Gasteiger partial charge on any atom is -0.494 e. The van der Waals surface area contributed by atoms with Crippen LogP contribution in [0.1, 0.15) is 83.1 Å². The van der Waals surface area contributed by atoms with Crippen LogP contribution in [0.5, 0.6) is 5.75 Å². The van der Waals surface area contributed by atoms with E-state index in [1.807, 2.05) is 24.3 Å². The molecule has 2 heteroatoms. The third-order valence-electron chi connectivity index (χ3n) is 6.66. The average Bonchev–Trinajstić information content (AvgIpc) is 2.81. The second-order valence-electron chi connectivity index (χ2n) is 8.94. The first kappa shape index (κ1) is 22.4. The molecule has 2 aromatic rings. The normalized spacial score (nSPS) is 18.7. The zero-order valence-electron chi connectivity index (χ0n) is 18.6. The van der Waals surface area contributed by atoms with Crippen LogP contribution in [0.15, 0.2) is 48.5 Å². The molecule has 0 N–H and O–H groups in total. The van der Waals surface area contributed by atoms with Crippen molar-refractivity contribution < 1.29 is 4.74 Å². The SMILES string of the molecule is CCCCCCC1CCC(CCCOc2ccc(-c3ccc(C#N)cc3)cc2)CC1. The van der Waals surface area contributed by atoms with Gasteiger partial charge in [-0.15, -0.1) is 0 Å². The lowest BCUT2D eigenvalue weighted by molar-refractivity contribution is 0.228. The lowest BCUT2D eigenvalue weighted by Gasteiger charge is -2.28. The maximum atomic E-state index is 8.91. The van der Waals surface area contributed by atoms with Gasteiger partial charge < -0.3 is 4.74 Å². The van der Waals surface area contributed by atoms with E-state index in [0.29, 0.717) is 5.56 Å². The summed E-state index contributed by atoms with van der Waals surface area (Å²) >= 11 is 0. The van der Waals surface area contributed by atoms with Crippen molar-refractivity contribution >= 4 is 0 Å². The Balaban J connectivity index is 1.31. The molecular weight excluding hydrogens is 366 g/mol. The van der Waals surface area contributed by atoms with E-state index in [4.69, 9.17) is 10.00 Å². The fraction of sp³-hybridized carbons (Fsp3) is 0.536. The fourth-order valence-electron chi connectivity index (χ4n) is 4.71. The van der Waals surface area contributed by atoms with Gasteiger partial charge in [0.2, 0.25) is 0 Å². The van der Waals surface area contributed by atoms with Crippen LogP contribution in [0, 0.1) is 23.2 Å². The number of hydrogen-bond donors (Lipinski definition) is 0. The van der Waals surface area contributed by atoms with Gasteiger partial charge in [-0.1, -0.05) is 89.0 Å². The molecule has 0 aromatic heterocycles.